The average Bonchev–Trinajstić information content (AvgIpc) is 2.57. The van der Waals surface area contributed by atoms with Gasteiger partial charge in [-0.3, -0.25) is 4.90 Å². The second kappa shape index (κ2) is 8.32. The molecule has 0 amide bonds. The molecular weight excluding hydrogens is 250 g/mol. The van der Waals surface area contributed by atoms with Gasteiger partial charge in [0.05, 0.1) is 6.61 Å². The summed E-state index contributed by atoms with van der Waals surface area (Å²) in [5, 5.41) is 13.2. The van der Waals surface area contributed by atoms with Gasteiger partial charge in [0.2, 0.25) is 0 Å². The Balaban J connectivity index is 2.56. The van der Waals surface area contributed by atoms with Crippen LogP contribution in [-0.4, -0.2) is 72.4 Å². The lowest BCUT2D eigenvalue weighted by atomic mass is 9.97. The summed E-state index contributed by atoms with van der Waals surface area (Å²) in [5.74, 6) is 0. The van der Waals surface area contributed by atoms with Crippen molar-refractivity contribution in [2.75, 3.05) is 39.8 Å². The van der Waals surface area contributed by atoms with E-state index in [4.69, 9.17) is 0 Å². The van der Waals surface area contributed by atoms with Gasteiger partial charge >= 0.3 is 0 Å². The fourth-order valence-corrected chi connectivity index (χ4v) is 3.26. The number of hydrogen-bond acceptors (Lipinski definition) is 4. The van der Waals surface area contributed by atoms with Crippen LogP contribution < -0.4 is 5.32 Å². The Morgan fingerprint density at radius 2 is 2.05 bits per heavy atom. The van der Waals surface area contributed by atoms with Crippen LogP contribution in [0.2, 0.25) is 0 Å². The number of likely N-dealkylation sites (N-methyl/N-ethyl adjacent to an activating group) is 1. The molecule has 1 saturated heterocycles. The number of nitrogens with zero attached hydrogens (tertiary/aromatic N) is 2. The molecule has 0 aromatic carbocycles. The number of nitrogens with one attached hydrogen (secondary N) is 1. The number of rotatable bonds is 7. The van der Waals surface area contributed by atoms with E-state index in [1.165, 1.54) is 32.5 Å². The number of aliphatic hydroxyl groups excluding tert-OH is 1. The zero-order valence-electron chi connectivity index (χ0n) is 14.2. The SMILES string of the molecule is CCC1CN(C)CCCN1CCC(C)(CO)NC(C)C. The van der Waals surface area contributed by atoms with Gasteiger partial charge in [-0.15, -0.1) is 0 Å². The van der Waals surface area contributed by atoms with E-state index in [0.29, 0.717) is 12.1 Å². The van der Waals surface area contributed by atoms with Crippen molar-refractivity contribution in [2.45, 2.75) is 64.6 Å². The van der Waals surface area contributed by atoms with Crippen molar-refractivity contribution in [1.82, 2.24) is 15.1 Å². The van der Waals surface area contributed by atoms with Crippen LogP contribution in [0.15, 0.2) is 0 Å². The Kier molecular flexibility index (Phi) is 7.45. The Labute approximate surface area is 125 Å². The van der Waals surface area contributed by atoms with Crippen molar-refractivity contribution >= 4 is 0 Å². The summed E-state index contributed by atoms with van der Waals surface area (Å²) in [5.41, 5.74) is -0.162. The van der Waals surface area contributed by atoms with E-state index in [1.807, 2.05) is 0 Å². The highest BCUT2D eigenvalue weighted by Crippen LogP contribution is 2.16. The molecule has 1 aliphatic heterocycles. The van der Waals surface area contributed by atoms with Gasteiger partial charge in [-0.2, -0.15) is 0 Å². The van der Waals surface area contributed by atoms with E-state index in [-0.39, 0.29) is 12.1 Å². The molecule has 1 rings (SSSR count). The van der Waals surface area contributed by atoms with E-state index in [9.17, 15) is 5.11 Å². The van der Waals surface area contributed by atoms with Gasteiger partial charge in [-0.05, 0) is 46.3 Å². The quantitative estimate of drug-likeness (QED) is 0.744. The lowest BCUT2D eigenvalue weighted by Gasteiger charge is -2.36. The predicted molar refractivity (Wildman–Crippen MR) is 86.1 cm³/mol. The Hall–Kier alpha value is -0.160. The Bertz CT molecular complexity index is 272. The molecule has 2 unspecified atom stereocenters. The molecule has 0 bridgehead atoms. The van der Waals surface area contributed by atoms with Crippen molar-refractivity contribution in [3.63, 3.8) is 0 Å². The first-order valence-electron chi connectivity index (χ1n) is 8.21. The van der Waals surface area contributed by atoms with Crippen LogP contribution in [0, 0.1) is 0 Å². The lowest BCUT2D eigenvalue weighted by molar-refractivity contribution is 0.120. The van der Waals surface area contributed by atoms with Crippen molar-refractivity contribution < 1.29 is 5.11 Å². The fraction of sp³-hybridized carbons (Fsp3) is 1.00. The monoisotopic (exact) mass is 285 g/mol. The molecule has 120 valence electrons. The molecule has 0 radical (unpaired) electrons. The molecular formula is C16H35N3O. The molecule has 1 heterocycles. The molecule has 4 nitrogen and oxygen atoms in total. The molecule has 0 spiro atoms. The standard InChI is InChI=1S/C16H35N3O/c1-6-15-12-18(5)9-7-10-19(15)11-8-16(4,13-20)17-14(2)3/h14-15,17,20H,6-13H2,1-5H3. The zero-order valence-corrected chi connectivity index (χ0v) is 14.2. The normalized spacial score (nSPS) is 25.6. The van der Waals surface area contributed by atoms with Crippen molar-refractivity contribution in [1.29, 1.82) is 0 Å². The number of hydrogen-bond donors (Lipinski definition) is 2. The summed E-state index contributed by atoms with van der Waals surface area (Å²) in [6.45, 7) is 13.5. The van der Waals surface area contributed by atoms with Gasteiger partial charge in [-0.1, -0.05) is 20.8 Å². The van der Waals surface area contributed by atoms with Crippen LogP contribution in [0.3, 0.4) is 0 Å². The van der Waals surface area contributed by atoms with Crippen LogP contribution in [0.25, 0.3) is 0 Å². The first kappa shape index (κ1) is 17.9. The maximum atomic E-state index is 9.70. The minimum Gasteiger partial charge on any atom is -0.394 e. The summed E-state index contributed by atoms with van der Waals surface area (Å²) >= 11 is 0. The van der Waals surface area contributed by atoms with E-state index in [0.717, 1.165) is 13.0 Å². The van der Waals surface area contributed by atoms with Gasteiger partial charge < -0.3 is 15.3 Å². The largest absolute Gasteiger partial charge is 0.394 e. The highest BCUT2D eigenvalue weighted by Gasteiger charge is 2.27. The zero-order chi connectivity index (χ0) is 15.2. The summed E-state index contributed by atoms with van der Waals surface area (Å²) in [4.78, 5) is 5.07. The van der Waals surface area contributed by atoms with Crippen molar-refractivity contribution in [3.05, 3.63) is 0 Å². The summed E-state index contributed by atoms with van der Waals surface area (Å²) in [6, 6.07) is 1.06. The molecule has 0 saturated carbocycles. The number of aliphatic hydroxyl groups is 1. The average molecular weight is 285 g/mol. The van der Waals surface area contributed by atoms with Gasteiger partial charge in [0.1, 0.15) is 0 Å². The molecule has 0 aliphatic carbocycles. The molecule has 20 heavy (non-hydrogen) atoms. The Morgan fingerprint density at radius 3 is 2.60 bits per heavy atom. The molecule has 2 atom stereocenters. The third-order valence-electron chi connectivity index (χ3n) is 4.43. The second-order valence-corrected chi connectivity index (χ2v) is 6.98. The van der Waals surface area contributed by atoms with Crippen LogP contribution in [-0.2, 0) is 0 Å². The van der Waals surface area contributed by atoms with Crippen molar-refractivity contribution in [3.8, 4) is 0 Å². The molecule has 1 fully saturated rings. The van der Waals surface area contributed by atoms with E-state index in [1.54, 1.807) is 0 Å². The minimum atomic E-state index is -0.162. The van der Waals surface area contributed by atoms with Gasteiger partial charge in [0.25, 0.3) is 0 Å². The highest BCUT2D eigenvalue weighted by atomic mass is 16.3. The van der Waals surface area contributed by atoms with Crippen LogP contribution >= 0.6 is 0 Å². The lowest BCUT2D eigenvalue weighted by Crippen LogP contribution is -2.52. The van der Waals surface area contributed by atoms with Crippen LogP contribution in [0.5, 0.6) is 0 Å². The van der Waals surface area contributed by atoms with Gasteiger partial charge in [-0.25, -0.2) is 0 Å². The van der Waals surface area contributed by atoms with E-state index >= 15 is 0 Å². The predicted octanol–water partition coefficient (Wildman–Crippen LogP) is 1.54. The van der Waals surface area contributed by atoms with Gasteiger partial charge in [0, 0.05) is 30.7 Å². The second-order valence-electron chi connectivity index (χ2n) is 6.98. The first-order chi connectivity index (χ1) is 9.40. The van der Waals surface area contributed by atoms with Gasteiger partial charge in [0.15, 0.2) is 0 Å². The minimum absolute atomic E-state index is 0.162. The summed E-state index contributed by atoms with van der Waals surface area (Å²) in [7, 11) is 2.23. The van der Waals surface area contributed by atoms with Crippen LogP contribution in [0.1, 0.15) is 47.0 Å². The topological polar surface area (TPSA) is 38.7 Å². The smallest absolute Gasteiger partial charge is 0.0611 e. The Morgan fingerprint density at radius 1 is 1.35 bits per heavy atom. The maximum absolute atomic E-state index is 9.70. The molecule has 0 aromatic heterocycles. The molecule has 1 aliphatic rings. The highest BCUT2D eigenvalue weighted by molar-refractivity contribution is 4.87. The van der Waals surface area contributed by atoms with E-state index < -0.39 is 0 Å². The third-order valence-corrected chi connectivity index (χ3v) is 4.43. The van der Waals surface area contributed by atoms with Crippen LogP contribution in [0.4, 0.5) is 0 Å². The molecule has 4 heteroatoms. The maximum Gasteiger partial charge on any atom is 0.0611 e. The molecule has 2 N–H and O–H groups in total. The van der Waals surface area contributed by atoms with Crippen molar-refractivity contribution in [2.24, 2.45) is 0 Å². The first-order valence-corrected chi connectivity index (χ1v) is 8.21. The third kappa shape index (κ3) is 5.68. The van der Waals surface area contributed by atoms with E-state index in [2.05, 4.69) is 49.9 Å². The molecule has 0 aromatic rings. The fourth-order valence-electron chi connectivity index (χ4n) is 3.26. The summed E-state index contributed by atoms with van der Waals surface area (Å²) in [6.07, 6.45) is 3.46. The summed E-state index contributed by atoms with van der Waals surface area (Å²) < 4.78 is 0.